The lowest BCUT2D eigenvalue weighted by molar-refractivity contribution is 0.00464. The quantitative estimate of drug-likeness (QED) is 0.443. The third-order valence-corrected chi connectivity index (χ3v) is 5.89. The molecule has 1 saturated heterocycles. The summed E-state index contributed by atoms with van der Waals surface area (Å²) in [5, 5.41) is 4.60. The average Bonchev–Trinajstić information content (AvgIpc) is 3.19. The number of hydrogen-bond acceptors (Lipinski definition) is 5. The lowest BCUT2D eigenvalue weighted by atomic mass is 9.89. The fraction of sp³-hybridized carbons (Fsp3) is 0.304. The molecule has 4 heterocycles. The van der Waals surface area contributed by atoms with Gasteiger partial charge >= 0.3 is 0 Å². The topological polar surface area (TPSA) is 65.7 Å². The number of pyridine rings is 1. The minimum absolute atomic E-state index is 0.0516. The molecule has 158 valence electrons. The molecule has 0 unspecified atom stereocenters. The minimum atomic E-state index is -0.430. The molecule has 5 rings (SSSR count). The molecule has 0 bridgehead atoms. The highest BCUT2D eigenvalue weighted by molar-refractivity contribution is 6.30. The van der Waals surface area contributed by atoms with E-state index in [1.807, 2.05) is 32.4 Å². The van der Waals surface area contributed by atoms with Crippen molar-refractivity contribution in [2.24, 2.45) is 7.05 Å². The molecule has 0 amide bonds. The molecule has 2 atom stereocenters. The van der Waals surface area contributed by atoms with Crippen LogP contribution in [0.2, 0.25) is 5.02 Å². The van der Waals surface area contributed by atoms with Crippen LogP contribution in [0.5, 0.6) is 0 Å². The standard InChI is InChI=1S/C23H21ClFN5O/c1-13-10-26-23-20(28-13)9-19(29-22(23)17-4-3-16(24)8-18(17)25)14-5-6-31-21(7-14)15-11-27-30(2)12-15/h3-4,8-12,14,21H,5-7H2,1-2H3/t14-,21+/m1/s1. The van der Waals surface area contributed by atoms with Crippen LogP contribution in [0.25, 0.3) is 22.3 Å². The van der Waals surface area contributed by atoms with Crippen molar-refractivity contribution in [1.29, 1.82) is 0 Å². The number of fused-ring (bicyclic) bond motifs is 1. The summed E-state index contributed by atoms with van der Waals surface area (Å²) in [6.07, 6.45) is 7.04. The Labute approximate surface area is 184 Å². The van der Waals surface area contributed by atoms with Crippen LogP contribution in [0.4, 0.5) is 4.39 Å². The van der Waals surface area contributed by atoms with Crippen LogP contribution in [0.1, 0.15) is 41.8 Å². The van der Waals surface area contributed by atoms with Crippen LogP contribution in [0.15, 0.2) is 42.9 Å². The van der Waals surface area contributed by atoms with Gasteiger partial charge in [-0.05, 0) is 44.0 Å². The van der Waals surface area contributed by atoms with Crippen molar-refractivity contribution in [1.82, 2.24) is 24.7 Å². The van der Waals surface area contributed by atoms with Crippen LogP contribution < -0.4 is 0 Å². The van der Waals surface area contributed by atoms with Crippen molar-refractivity contribution in [3.05, 3.63) is 70.6 Å². The molecular formula is C23H21ClFN5O. The second-order valence-corrected chi connectivity index (χ2v) is 8.36. The molecule has 1 aliphatic rings. The molecule has 6 nitrogen and oxygen atoms in total. The summed E-state index contributed by atoms with van der Waals surface area (Å²) in [5.74, 6) is -0.277. The molecule has 31 heavy (non-hydrogen) atoms. The molecule has 3 aromatic heterocycles. The summed E-state index contributed by atoms with van der Waals surface area (Å²) in [4.78, 5) is 14.0. The van der Waals surface area contributed by atoms with Crippen molar-refractivity contribution in [3.63, 3.8) is 0 Å². The van der Waals surface area contributed by atoms with Crippen molar-refractivity contribution >= 4 is 22.6 Å². The first-order chi connectivity index (χ1) is 15.0. The van der Waals surface area contributed by atoms with Gasteiger partial charge in [-0.15, -0.1) is 0 Å². The Kier molecular flexibility index (Phi) is 5.16. The Morgan fingerprint density at radius 3 is 2.84 bits per heavy atom. The van der Waals surface area contributed by atoms with Gasteiger partial charge in [-0.1, -0.05) is 11.6 Å². The van der Waals surface area contributed by atoms with Gasteiger partial charge in [-0.25, -0.2) is 14.4 Å². The summed E-state index contributed by atoms with van der Waals surface area (Å²) in [7, 11) is 1.89. The molecule has 0 N–H and O–H groups in total. The zero-order valence-corrected chi connectivity index (χ0v) is 18.0. The SMILES string of the molecule is Cc1cnc2c(-c3ccc(Cl)cc3F)nc([C@@H]3CCO[C@H](c4cnn(C)c4)C3)cc2n1. The molecule has 1 aromatic carbocycles. The number of halogens is 2. The van der Waals surface area contributed by atoms with E-state index in [0.717, 1.165) is 29.8 Å². The highest BCUT2D eigenvalue weighted by atomic mass is 35.5. The Bertz CT molecular complexity index is 1270. The van der Waals surface area contributed by atoms with E-state index in [1.165, 1.54) is 6.07 Å². The molecule has 1 aliphatic heterocycles. The third kappa shape index (κ3) is 3.91. The van der Waals surface area contributed by atoms with E-state index in [-0.39, 0.29) is 12.0 Å². The summed E-state index contributed by atoms with van der Waals surface area (Å²) >= 11 is 5.96. The second kappa shape index (κ2) is 7.98. The van der Waals surface area contributed by atoms with Gasteiger partial charge in [0.1, 0.15) is 17.0 Å². The van der Waals surface area contributed by atoms with Crippen LogP contribution in [0, 0.1) is 12.7 Å². The van der Waals surface area contributed by atoms with Crippen LogP contribution in [-0.2, 0) is 11.8 Å². The molecule has 8 heteroatoms. The number of aryl methyl sites for hydroxylation is 2. The number of nitrogens with zero attached hydrogens (tertiary/aromatic N) is 5. The fourth-order valence-electron chi connectivity index (χ4n) is 4.12. The van der Waals surface area contributed by atoms with E-state index in [9.17, 15) is 4.39 Å². The smallest absolute Gasteiger partial charge is 0.134 e. The molecular weight excluding hydrogens is 417 g/mol. The first kappa shape index (κ1) is 20.0. The Morgan fingerprint density at radius 2 is 2.06 bits per heavy atom. The lowest BCUT2D eigenvalue weighted by Gasteiger charge is -2.29. The van der Waals surface area contributed by atoms with E-state index in [1.54, 1.807) is 23.0 Å². The number of hydrogen-bond donors (Lipinski definition) is 0. The van der Waals surface area contributed by atoms with Gasteiger partial charge in [0.2, 0.25) is 0 Å². The lowest BCUT2D eigenvalue weighted by Crippen LogP contribution is -2.19. The molecule has 0 saturated carbocycles. The predicted molar refractivity (Wildman–Crippen MR) is 116 cm³/mol. The summed E-state index contributed by atoms with van der Waals surface area (Å²) in [6, 6.07) is 6.58. The van der Waals surface area contributed by atoms with Gasteiger partial charge in [0.25, 0.3) is 0 Å². The van der Waals surface area contributed by atoms with E-state index >= 15 is 0 Å². The van der Waals surface area contributed by atoms with Gasteiger partial charge in [0.05, 0.1) is 23.5 Å². The largest absolute Gasteiger partial charge is 0.373 e. The molecule has 0 radical (unpaired) electrons. The van der Waals surface area contributed by atoms with Crippen LogP contribution in [0.3, 0.4) is 0 Å². The van der Waals surface area contributed by atoms with Crippen LogP contribution >= 0.6 is 11.6 Å². The monoisotopic (exact) mass is 437 g/mol. The third-order valence-electron chi connectivity index (χ3n) is 5.65. The zero-order chi connectivity index (χ0) is 21.5. The normalized spacial score (nSPS) is 19.1. The maximum atomic E-state index is 14.8. The van der Waals surface area contributed by atoms with Gasteiger partial charge in [0.15, 0.2) is 0 Å². The van der Waals surface area contributed by atoms with Crippen LogP contribution in [-0.4, -0.2) is 31.3 Å². The first-order valence-corrected chi connectivity index (χ1v) is 10.6. The molecule has 0 aliphatic carbocycles. The van der Waals surface area contributed by atoms with Gasteiger partial charge < -0.3 is 4.74 Å². The highest BCUT2D eigenvalue weighted by Gasteiger charge is 2.28. The Morgan fingerprint density at radius 1 is 1.19 bits per heavy atom. The van der Waals surface area contributed by atoms with E-state index in [4.69, 9.17) is 21.3 Å². The minimum Gasteiger partial charge on any atom is -0.373 e. The number of aromatic nitrogens is 5. The Hall–Kier alpha value is -2.90. The predicted octanol–water partition coefficient (Wildman–Crippen LogP) is 5.16. The summed E-state index contributed by atoms with van der Waals surface area (Å²) in [6.45, 7) is 2.51. The number of benzene rings is 1. The average molecular weight is 438 g/mol. The number of ether oxygens (including phenoxy) is 1. The van der Waals surface area contributed by atoms with Gasteiger partial charge in [0, 0.05) is 53.8 Å². The highest BCUT2D eigenvalue weighted by Crippen LogP contribution is 2.39. The van der Waals surface area contributed by atoms with E-state index in [2.05, 4.69) is 15.1 Å². The maximum Gasteiger partial charge on any atom is 0.134 e. The first-order valence-electron chi connectivity index (χ1n) is 10.2. The summed E-state index contributed by atoms with van der Waals surface area (Å²) < 4.78 is 22.6. The number of rotatable bonds is 3. The second-order valence-electron chi connectivity index (χ2n) is 7.93. The molecule has 1 fully saturated rings. The van der Waals surface area contributed by atoms with Gasteiger partial charge in [-0.3, -0.25) is 9.67 Å². The molecule has 0 spiro atoms. The van der Waals surface area contributed by atoms with Gasteiger partial charge in [-0.2, -0.15) is 5.10 Å². The van der Waals surface area contributed by atoms with Crippen molar-refractivity contribution in [2.75, 3.05) is 6.61 Å². The Balaban J connectivity index is 1.60. The van der Waals surface area contributed by atoms with Crippen molar-refractivity contribution < 1.29 is 9.13 Å². The summed E-state index contributed by atoms with van der Waals surface area (Å²) in [5.41, 5.74) is 4.85. The van der Waals surface area contributed by atoms with E-state index in [0.29, 0.717) is 33.9 Å². The zero-order valence-electron chi connectivity index (χ0n) is 17.2. The van der Waals surface area contributed by atoms with Crippen molar-refractivity contribution in [3.8, 4) is 11.3 Å². The van der Waals surface area contributed by atoms with Crippen molar-refractivity contribution in [2.45, 2.75) is 31.8 Å². The maximum absolute atomic E-state index is 14.8. The molecule has 4 aromatic rings. The fourth-order valence-corrected chi connectivity index (χ4v) is 4.27. The van der Waals surface area contributed by atoms with E-state index < -0.39 is 5.82 Å².